The molecule has 2 aromatic carbocycles. The van der Waals surface area contributed by atoms with E-state index in [2.05, 4.69) is 15.9 Å². The molecule has 8 heteroatoms. The zero-order valence-electron chi connectivity index (χ0n) is 12.2. The fourth-order valence-corrected chi connectivity index (χ4v) is 2.87. The van der Waals surface area contributed by atoms with Crippen LogP contribution in [0.15, 0.2) is 56.1 Å². The lowest BCUT2D eigenvalue weighted by atomic mass is 9.98. The van der Waals surface area contributed by atoms with Gasteiger partial charge in [0.15, 0.2) is 0 Å². The van der Waals surface area contributed by atoms with Gasteiger partial charge in [-0.15, -0.1) is 0 Å². The van der Waals surface area contributed by atoms with E-state index in [-0.39, 0.29) is 22.1 Å². The predicted molar refractivity (Wildman–Crippen MR) is 87.6 cm³/mol. The van der Waals surface area contributed by atoms with Crippen LogP contribution in [0.3, 0.4) is 0 Å². The minimum Gasteiger partial charge on any atom is -0.478 e. The molecule has 0 fully saturated rings. The number of halogens is 4. The van der Waals surface area contributed by atoms with Crippen LogP contribution in [0, 0.1) is 0 Å². The molecule has 0 radical (unpaired) electrons. The van der Waals surface area contributed by atoms with Gasteiger partial charge >= 0.3 is 17.8 Å². The van der Waals surface area contributed by atoms with Gasteiger partial charge in [-0.25, -0.2) is 9.59 Å². The third-order valence-electron chi connectivity index (χ3n) is 3.57. The number of carboxylic acid groups (broad SMARTS) is 1. The largest absolute Gasteiger partial charge is 0.478 e. The normalized spacial score (nSPS) is 11.7. The number of hydrogen-bond acceptors (Lipinski definition) is 3. The molecule has 3 aromatic rings. The lowest BCUT2D eigenvalue weighted by Gasteiger charge is -2.11. The Kier molecular flexibility index (Phi) is 4.16. The van der Waals surface area contributed by atoms with E-state index in [4.69, 9.17) is 4.42 Å². The highest BCUT2D eigenvalue weighted by molar-refractivity contribution is 9.10. The van der Waals surface area contributed by atoms with Crippen molar-refractivity contribution in [1.29, 1.82) is 0 Å². The number of fused-ring (bicyclic) bond motifs is 1. The number of rotatable bonds is 2. The van der Waals surface area contributed by atoms with Crippen LogP contribution in [0.5, 0.6) is 0 Å². The Balaban J connectivity index is 2.30. The molecule has 0 saturated carbocycles. The number of benzene rings is 2. The maximum absolute atomic E-state index is 13.1. The Hall–Kier alpha value is -2.61. The molecule has 25 heavy (non-hydrogen) atoms. The molecule has 0 bridgehead atoms. The molecule has 0 amide bonds. The zero-order valence-corrected chi connectivity index (χ0v) is 13.8. The summed E-state index contributed by atoms with van der Waals surface area (Å²) in [5.74, 6) is -1.19. The van der Waals surface area contributed by atoms with Gasteiger partial charge in [-0.05, 0) is 41.5 Å². The van der Waals surface area contributed by atoms with Gasteiger partial charge in [0.2, 0.25) is 0 Å². The van der Waals surface area contributed by atoms with E-state index in [1.807, 2.05) is 0 Å². The highest BCUT2D eigenvalue weighted by atomic mass is 79.9. The van der Waals surface area contributed by atoms with Crippen molar-refractivity contribution < 1.29 is 27.5 Å². The number of hydrogen-bond donors (Lipinski definition) is 1. The lowest BCUT2D eigenvalue weighted by molar-refractivity contribution is -0.136. The molecule has 4 nitrogen and oxygen atoms in total. The van der Waals surface area contributed by atoms with Crippen LogP contribution in [0.25, 0.3) is 22.1 Å². The molecule has 0 atom stereocenters. The first-order chi connectivity index (χ1) is 11.7. The summed E-state index contributed by atoms with van der Waals surface area (Å²) in [6, 6.07) is 8.55. The van der Waals surface area contributed by atoms with E-state index in [9.17, 15) is 27.9 Å². The average molecular weight is 413 g/mol. The van der Waals surface area contributed by atoms with Crippen molar-refractivity contribution in [3.05, 3.63) is 68.5 Å². The van der Waals surface area contributed by atoms with Gasteiger partial charge < -0.3 is 9.52 Å². The Morgan fingerprint density at radius 1 is 1.08 bits per heavy atom. The third kappa shape index (κ3) is 3.30. The minimum absolute atomic E-state index is 0.0307. The van der Waals surface area contributed by atoms with Crippen molar-refractivity contribution in [2.45, 2.75) is 6.18 Å². The van der Waals surface area contributed by atoms with Gasteiger partial charge in [-0.2, -0.15) is 13.2 Å². The Morgan fingerprint density at radius 3 is 2.44 bits per heavy atom. The fourth-order valence-electron chi connectivity index (χ4n) is 2.51. The first-order valence-electron chi connectivity index (χ1n) is 6.85. The molecule has 0 aliphatic heterocycles. The first kappa shape index (κ1) is 17.2. The Labute approximate surface area is 146 Å². The van der Waals surface area contributed by atoms with Gasteiger partial charge in [-0.1, -0.05) is 22.0 Å². The molecule has 1 heterocycles. The maximum Gasteiger partial charge on any atom is 0.417 e. The maximum atomic E-state index is 13.1. The van der Waals surface area contributed by atoms with E-state index < -0.39 is 23.3 Å². The second kappa shape index (κ2) is 6.03. The number of carboxylic acids is 1. The zero-order chi connectivity index (χ0) is 18.4. The van der Waals surface area contributed by atoms with Crippen LogP contribution in [0.2, 0.25) is 0 Å². The predicted octanol–water partition coefficient (Wildman–Crippen LogP) is 4.94. The second-order valence-electron chi connectivity index (χ2n) is 5.18. The highest BCUT2D eigenvalue weighted by Crippen LogP contribution is 2.36. The fraction of sp³-hybridized carbons (Fsp3) is 0.0588. The van der Waals surface area contributed by atoms with Crippen LogP contribution < -0.4 is 5.63 Å². The molecule has 0 aliphatic carbocycles. The molecule has 0 unspecified atom stereocenters. The van der Waals surface area contributed by atoms with Gasteiger partial charge in [-0.3, -0.25) is 0 Å². The van der Waals surface area contributed by atoms with E-state index in [0.717, 1.165) is 6.07 Å². The summed E-state index contributed by atoms with van der Waals surface area (Å²) in [6.07, 6.45) is -4.71. The van der Waals surface area contributed by atoms with Crippen LogP contribution in [-0.4, -0.2) is 11.1 Å². The standard InChI is InChI=1S/C17H8BrF3O4/c18-9-2-4-10(16(23)24)12(6-9)8-1-3-11-13(17(19,20)21)7-15(22)25-14(11)5-8/h1-7H,(H,23,24). The SMILES string of the molecule is O=C(O)c1ccc(Br)cc1-c1ccc2c(C(F)(F)F)cc(=O)oc2c1. The smallest absolute Gasteiger partial charge is 0.417 e. The minimum atomic E-state index is -4.71. The Morgan fingerprint density at radius 2 is 1.80 bits per heavy atom. The molecule has 3 rings (SSSR count). The van der Waals surface area contributed by atoms with Crippen molar-refractivity contribution in [3.63, 3.8) is 0 Å². The van der Waals surface area contributed by atoms with E-state index in [0.29, 0.717) is 16.1 Å². The van der Waals surface area contributed by atoms with E-state index in [1.165, 1.54) is 30.3 Å². The second-order valence-corrected chi connectivity index (χ2v) is 6.10. The lowest BCUT2D eigenvalue weighted by Crippen LogP contribution is -2.11. The van der Waals surface area contributed by atoms with Gasteiger partial charge in [0, 0.05) is 15.9 Å². The average Bonchev–Trinajstić information content (AvgIpc) is 2.52. The van der Waals surface area contributed by atoms with Crippen LogP contribution >= 0.6 is 15.9 Å². The van der Waals surface area contributed by atoms with Crippen LogP contribution in [-0.2, 0) is 6.18 Å². The van der Waals surface area contributed by atoms with Gasteiger partial charge in [0.25, 0.3) is 0 Å². The summed E-state index contributed by atoms with van der Waals surface area (Å²) in [6.45, 7) is 0. The summed E-state index contributed by atoms with van der Waals surface area (Å²) in [4.78, 5) is 22.8. The number of carbonyl (C=O) groups is 1. The molecule has 1 N–H and O–H groups in total. The summed E-state index contributed by atoms with van der Waals surface area (Å²) in [5, 5.41) is 9.01. The molecule has 0 spiro atoms. The van der Waals surface area contributed by atoms with Gasteiger partial charge in [0.1, 0.15) is 5.58 Å². The number of aromatic carboxylic acids is 1. The Bertz CT molecular complexity index is 1050. The van der Waals surface area contributed by atoms with Crippen LogP contribution in [0.1, 0.15) is 15.9 Å². The van der Waals surface area contributed by atoms with Crippen molar-refractivity contribution in [1.82, 2.24) is 0 Å². The van der Waals surface area contributed by atoms with Crippen LogP contribution in [0.4, 0.5) is 13.2 Å². The van der Waals surface area contributed by atoms with Gasteiger partial charge in [0.05, 0.1) is 11.1 Å². The molecule has 0 aliphatic rings. The summed E-state index contributed by atoms with van der Waals surface area (Å²) in [7, 11) is 0. The van der Waals surface area contributed by atoms with Crippen molar-refractivity contribution in [2.75, 3.05) is 0 Å². The highest BCUT2D eigenvalue weighted by Gasteiger charge is 2.33. The van der Waals surface area contributed by atoms with Crippen molar-refractivity contribution in [2.24, 2.45) is 0 Å². The summed E-state index contributed by atoms with van der Waals surface area (Å²) >= 11 is 3.23. The van der Waals surface area contributed by atoms with Crippen molar-refractivity contribution in [3.8, 4) is 11.1 Å². The topological polar surface area (TPSA) is 67.5 Å². The van der Waals surface area contributed by atoms with E-state index in [1.54, 1.807) is 0 Å². The third-order valence-corrected chi connectivity index (χ3v) is 4.07. The number of alkyl halides is 3. The van der Waals surface area contributed by atoms with Crippen molar-refractivity contribution >= 4 is 32.9 Å². The first-order valence-corrected chi connectivity index (χ1v) is 7.64. The van der Waals surface area contributed by atoms with E-state index >= 15 is 0 Å². The molecule has 1 aromatic heterocycles. The molecular weight excluding hydrogens is 405 g/mol. The summed E-state index contributed by atoms with van der Waals surface area (Å²) < 4.78 is 44.7. The molecule has 128 valence electrons. The monoisotopic (exact) mass is 412 g/mol. The molecule has 0 saturated heterocycles. The molecular formula is C17H8BrF3O4. The quantitative estimate of drug-likeness (QED) is 0.605. The summed E-state index contributed by atoms with van der Waals surface area (Å²) in [5.41, 5.74) is -1.94.